The molecule has 1 N–H and O–H groups in total. The molecule has 80 valence electrons. The lowest BCUT2D eigenvalue weighted by molar-refractivity contribution is -0.147. The number of hydrogen-bond acceptors (Lipinski definition) is 1. The fraction of sp³-hybridized carbons (Fsp3) is 0.462. The molecule has 0 amide bonds. The Bertz CT molecular complexity index is 403. The first kappa shape index (κ1) is 10.2. The Morgan fingerprint density at radius 1 is 1.33 bits per heavy atom. The van der Waals surface area contributed by atoms with Crippen LogP contribution in [0, 0.1) is 13.8 Å². The molecule has 1 aromatic carbocycles. The van der Waals surface area contributed by atoms with Crippen LogP contribution in [0.4, 0.5) is 0 Å². The zero-order chi connectivity index (χ0) is 11.1. The van der Waals surface area contributed by atoms with E-state index >= 15 is 0 Å². The summed E-state index contributed by atoms with van der Waals surface area (Å²) < 4.78 is 0. The minimum absolute atomic E-state index is 0.587. The number of hydrogen-bond donors (Lipinski definition) is 1. The summed E-state index contributed by atoms with van der Waals surface area (Å²) in [5, 5.41) is 9.35. The molecule has 0 radical (unpaired) electrons. The van der Waals surface area contributed by atoms with Gasteiger partial charge in [-0.25, -0.2) is 0 Å². The molecule has 1 aliphatic rings. The maximum absolute atomic E-state index is 11.4. The van der Waals surface area contributed by atoms with Crippen LogP contribution < -0.4 is 0 Å². The third-order valence-electron chi connectivity index (χ3n) is 3.53. The molecule has 0 saturated heterocycles. The Balaban J connectivity index is 2.51. The maximum Gasteiger partial charge on any atom is 0.314 e. The molecule has 15 heavy (non-hydrogen) atoms. The van der Waals surface area contributed by atoms with Crippen molar-refractivity contribution in [1.82, 2.24) is 0 Å². The summed E-state index contributed by atoms with van der Waals surface area (Å²) in [6.45, 7) is 4.01. The standard InChI is InChI=1S/C13H16O2/c1-9-4-5-10(2)11(8-9)13(12(14)15)6-3-7-13/h4-5,8H,3,6-7H2,1-2H3,(H,14,15). The van der Waals surface area contributed by atoms with Gasteiger partial charge in [-0.1, -0.05) is 30.2 Å². The molecule has 0 unspecified atom stereocenters. The van der Waals surface area contributed by atoms with Gasteiger partial charge in [0.25, 0.3) is 0 Å². The van der Waals surface area contributed by atoms with Crippen LogP contribution in [-0.4, -0.2) is 11.1 Å². The number of aliphatic carboxylic acids is 1. The van der Waals surface area contributed by atoms with Gasteiger partial charge in [0.1, 0.15) is 0 Å². The zero-order valence-corrected chi connectivity index (χ0v) is 9.21. The number of carboxylic acids is 1. The molecule has 2 rings (SSSR count). The van der Waals surface area contributed by atoms with Crippen LogP contribution in [0.25, 0.3) is 0 Å². The van der Waals surface area contributed by atoms with Crippen molar-refractivity contribution in [2.24, 2.45) is 0 Å². The molecule has 0 heterocycles. The molecule has 2 nitrogen and oxygen atoms in total. The van der Waals surface area contributed by atoms with Gasteiger partial charge in [-0.2, -0.15) is 0 Å². The van der Waals surface area contributed by atoms with Crippen molar-refractivity contribution in [1.29, 1.82) is 0 Å². The highest BCUT2D eigenvalue weighted by atomic mass is 16.4. The maximum atomic E-state index is 11.4. The summed E-state index contributed by atoms with van der Waals surface area (Å²) in [7, 11) is 0. The second kappa shape index (κ2) is 3.37. The second-order valence-corrected chi connectivity index (χ2v) is 4.56. The summed E-state index contributed by atoms with van der Waals surface area (Å²) in [6.07, 6.45) is 2.60. The Labute approximate surface area is 89.9 Å². The molecule has 0 aromatic heterocycles. The highest BCUT2D eigenvalue weighted by molar-refractivity contribution is 5.83. The summed E-state index contributed by atoms with van der Waals surface area (Å²) in [5.41, 5.74) is 2.67. The van der Waals surface area contributed by atoms with Gasteiger partial charge >= 0.3 is 5.97 Å². The van der Waals surface area contributed by atoms with Gasteiger partial charge in [0, 0.05) is 0 Å². The molecule has 0 aliphatic heterocycles. The van der Waals surface area contributed by atoms with Crippen LogP contribution in [0.5, 0.6) is 0 Å². The number of rotatable bonds is 2. The third-order valence-corrected chi connectivity index (χ3v) is 3.53. The topological polar surface area (TPSA) is 37.3 Å². The van der Waals surface area contributed by atoms with Gasteiger partial charge in [-0.3, -0.25) is 4.79 Å². The van der Waals surface area contributed by atoms with Crippen LogP contribution in [0.1, 0.15) is 36.0 Å². The van der Waals surface area contributed by atoms with E-state index in [2.05, 4.69) is 0 Å². The average Bonchev–Trinajstić information content (AvgIpc) is 2.08. The second-order valence-electron chi connectivity index (χ2n) is 4.56. The summed E-state index contributed by atoms with van der Waals surface area (Å²) in [5.74, 6) is -0.664. The molecule has 0 bridgehead atoms. The van der Waals surface area contributed by atoms with Crippen LogP contribution in [-0.2, 0) is 10.2 Å². The normalized spacial score (nSPS) is 18.3. The minimum atomic E-state index is -0.664. The quantitative estimate of drug-likeness (QED) is 0.804. The Morgan fingerprint density at radius 3 is 2.47 bits per heavy atom. The van der Waals surface area contributed by atoms with Crippen LogP contribution >= 0.6 is 0 Å². The van der Waals surface area contributed by atoms with Crippen LogP contribution in [0.2, 0.25) is 0 Å². The molecule has 2 heteroatoms. The van der Waals surface area contributed by atoms with E-state index in [0.29, 0.717) is 0 Å². The Morgan fingerprint density at radius 2 is 2.00 bits per heavy atom. The van der Waals surface area contributed by atoms with E-state index in [4.69, 9.17) is 0 Å². The van der Waals surface area contributed by atoms with E-state index in [1.165, 1.54) is 0 Å². The van der Waals surface area contributed by atoms with Gasteiger partial charge < -0.3 is 5.11 Å². The van der Waals surface area contributed by atoms with Gasteiger partial charge in [-0.15, -0.1) is 0 Å². The number of aryl methyl sites for hydroxylation is 2. The predicted molar refractivity (Wildman–Crippen MR) is 59.1 cm³/mol. The van der Waals surface area contributed by atoms with Crippen molar-refractivity contribution in [2.75, 3.05) is 0 Å². The van der Waals surface area contributed by atoms with Crippen molar-refractivity contribution in [3.8, 4) is 0 Å². The van der Waals surface area contributed by atoms with E-state index < -0.39 is 11.4 Å². The number of carboxylic acid groups (broad SMARTS) is 1. The monoisotopic (exact) mass is 204 g/mol. The Kier molecular flexibility index (Phi) is 2.29. The summed E-state index contributed by atoms with van der Waals surface area (Å²) >= 11 is 0. The lowest BCUT2D eigenvalue weighted by Crippen LogP contribution is -2.42. The van der Waals surface area contributed by atoms with Crippen LogP contribution in [0.15, 0.2) is 18.2 Å². The highest BCUT2D eigenvalue weighted by Crippen LogP contribution is 2.45. The molecule has 1 fully saturated rings. The van der Waals surface area contributed by atoms with Crippen molar-refractivity contribution in [2.45, 2.75) is 38.5 Å². The Hall–Kier alpha value is -1.31. The highest BCUT2D eigenvalue weighted by Gasteiger charge is 2.46. The van der Waals surface area contributed by atoms with Crippen molar-refractivity contribution >= 4 is 5.97 Å². The van der Waals surface area contributed by atoms with E-state index in [1.807, 2.05) is 32.0 Å². The van der Waals surface area contributed by atoms with E-state index in [1.54, 1.807) is 0 Å². The van der Waals surface area contributed by atoms with E-state index in [9.17, 15) is 9.90 Å². The molecule has 1 aliphatic carbocycles. The van der Waals surface area contributed by atoms with Gasteiger partial charge in [0.05, 0.1) is 5.41 Å². The molecule has 0 atom stereocenters. The summed E-state index contributed by atoms with van der Waals surface area (Å²) in [6, 6.07) is 6.09. The van der Waals surface area contributed by atoms with Gasteiger partial charge in [0.15, 0.2) is 0 Å². The first-order chi connectivity index (χ1) is 7.06. The van der Waals surface area contributed by atoms with Crippen molar-refractivity contribution < 1.29 is 9.90 Å². The fourth-order valence-electron chi connectivity index (χ4n) is 2.38. The minimum Gasteiger partial charge on any atom is -0.481 e. The SMILES string of the molecule is Cc1ccc(C)c(C2(C(=O)O)CCC2)c1. The van der Waals surface area contributed by atoms with Crippen LogP contribution in [0.3, 0.4) is 0 Å². The first-order valence-electron chi connectivity index (χ1n) is 5.37. The lowest BCUT2D eigenvalue weighted by atomic mass is 9.63. The predicted octanol–water partition coefficient (Wildman–Crippen LogP) is 2.81. The zero-order valence-electron chi connectivity index (χ0n) is 9.21. The van der Waals surface area contributed by atoms with Crippen molar-refractivity contribution in [3.63, 3.8) is 0 Å². The fourth-order valence-corrected chi connectivity index (χ4v) is 2.38. The average molecular weight is 204 g/mol. The lowest BCUT2D eigenvalue weighted by Gasteiger charge is -2.39. The molecule has 1 saturated carbocycles. The molecule has 1 aromatic rings. The van der Waals surface area contributed by atoms with Gasteiger partial charge in [0.2, 0.25) is 0 Å². The molecular formula is C13H16O2. The largest absolute Gasteiger partial charge is 0.481 e. The molecular weight excluding hydrogens is 188 g/mol. The van der Waals surface area contributed by atoms with E-state index in [-0.39, 0.29) is 0 Å². The smallest absolute Gasteiger partial charge is 0.314 e. The summed E-state index contributed by atoms with van der Waals surface area (Å²) in [4.78, 5) is 11.4. The first-order valence-corrected chi connectivity index (χ1v) is 5.37. The number of benzene rings is 1. The number of carbonyl (C=O) groups is 1. The third kappa shape index (κ3) is 1.44. The van der Waals surface area contributed by atoms with Crippen molar-refractivity contribution in [3.05, 3.63) is 34.9 Å². The molecule has 0 spiro atoms. The van der Waals surface area contributed by atoms with E-state index in [0.717, 1.165) is 36.0 Å². The van der Waals surface area contributed by atoms with Gasteiger partial charge in [-0.05, 0) is 37.8 Å².